The molecule has 0 aliphatic carbocycles. The highest BCUT2D eigenvalue weighted by molar-refractivity contribution is 5.85. The van der Waals surface area contributed by atoms with Crippen LogP contribution in [0.3, 0.4) is 0 Å². The van der Waals surface area contributed by atoms with E-state index in [-0.39, 0.29) is 25.5 Å². The summed E-state index contributed by atoms with van der Waals surface area (Å²) >= 11 is 0. The third kappa shape index (κ3) is 35.4. The minimum absolute atomic E-state index is 0.0733. The van der Waals surface area contributed by atoms with Crippen molar-refractivity contribution < 1.29 is 28.3 Å². The molecule has 0 amide bonds. The topological polar surface area (TPSA) is 69.7 Å². The zero-order valence-electron chi connectivity index (χ0n) is 32.2. The molecule has 6 heteroatoms. The Morgan fingerprint density at radius 2 is 0.812 bits per heavy atom. The summed E-state index contributed by atoms with van der Waals surface area (Å²) in [6.07, 6.45) is 41.7. The minimum atomic E-state index is -0.516. The monoisotopic (exact) mass is 677 g/mol. The van der Waals surface area contributed by atoms with Crippen molar-refractivity contribution >= 4 is 17.9 Å². The number of hydrogen-bond acceptors (Lipinski definition) is 5. The Balaban J connectivity index is 3.67. The molecule has 0 spiro atoms. The van der Waals surface area contributed by atoms with Crippen LogP contribution in [0.15, 0.2) is 24.3 Å². The molecule has 0 aromatic heterocycles. The number of unbranched alkanes of at least 4 members (excludes halogenated alkanes) is 22. The van der Waals surface area contributed by atoms with E-state index in [9.17, 15) is 14.4 Å². The van der Waals surface area contributed by atoms with E-state index < -0.39 is 11.9 Å². The molecule has 0 saturated carbocycles. The SMILES string of the molecule is CCCCCCCCC=CCCCCCCCC(=O)OCC[N+](C)(C)CC(=O)OC(=O)CCCCCCCC=CCCCCCCCC. The summed E-state index contributed by atoms with van der Waals surface area (Å²) in [7, 11) is 3.76. The Bertz CT molecular complexity index is 819. The molecule has 0 radical (unpaired) electrons. The van der Waals surface area contributed by atoms with Gasteiger partial charge in [-0.15, -0.1) is 0 Å². The summed E-state index contributed by atoms with van der Waals surface area (Å²) in [5.74, 6) is -1.13. The van der Waals surface area contributed by atoms with Crippen LogP contribution in [0.1, 0.15) is 194 Å². The number of hydrogen-bond donors (Lipinski definition) is 0. The fraction of sp³-hybridized carbons (Fsp3) is 0.833. The smallest absolute Gasteiger partial charge is 0.369 e. The molecule has 48 heavy (non-hydrogen) atoms. The molecule has 0 atom stereocenters. The van der Waals surface area contributed by atoms with E-state index in [4.69, 9.17) is 9.47 Å². The Labute approximate surface area is 297 Å². The van der Waals surface area contributed by atoms with Crippen molar-refractivity contribution in [2.75, 3.05) is 33.8 Å². The van der Waals surface area contributed by atoms with Crippen molar-refractivity contribution in [2.24, 2.45) is 0 Å². The maximum atomic E-state index is 12.3. The average molecular weight is 677 g/mol. The molecular weight excluding hydrogens is 598 g/mol. The number of carbonyl (C=O) groups is 3. The number of allylic oxidation sites excluding steroid dienone is 4. The summed E-state index contributed by atoms with van der Waals surface area (Å²) in [5.41, 5.74) is 0. The van der Waals surface area contributed by atoms with Crippen LogP contribution in [0.25, 0.3) is 0 Å². The second-order valence-corrected chi connectivity index (χ2v) is 14.6. The summed E-state index contributed by atoms with van der Waals surface area (Å²) < 4.78 is 10.8. The van der Waals surface area contributed by atoms with Gasteiger partial charge in [0.1, 0.15) is 13.2 Å². The van der Waals surface area contributed by atoms with Gasteiger partial charge in [-0.3, -0.25) is 9.59 Å². The van der Waals surface area contributed by atoms with Gasteiger partial charge >= 0.3 is 17.9 Å². The van der Waals surface area contributed by atoms with Crippen LogP contribution >= 0.6 is 0 Å². The molecule has 0 aliphatic rings. The maximum absolute atomic E-state index is 12.3. The lowest BCUT2D eigenvalue weighted by molar-refractivity contribution is -0.883. The quantitative estimate of drug-likeness (QED) is 0.0220. The molecule has 280 valence electrons. The first-order chi connectivity index (χ1) is 23.3. The van der Waals surface area contributed by atoms with Crippen LogP contribution in [-0.2, 0) is 23.9 Å². The van der Waals surface area contributed by atoms with Gasteiger partial charge in [0.25, 0.3) is 0 Å². The van der Waals surface area contributed by atoms with Gasteiger partial charge in [0.05, 0.1) is 14.1 Å². The second-order valence-electron chi connectivity index (χ2n) is 14.6. The largest absolute Gasteiger partial charge is 0.460 e. The molecule has 0 N–H and O–H groups in total. The molecule has 6 nitrogen and oxygen atoms in total. The molecule has 0 aromatic carbocycles. The van der Waals surface area contributed by atoms with Crippen molar-refractivity contribution in [2.45, 2.75) is 194 Å². The highest BCUT2D eigenvalue weighted by atomic mass is 16.6. The molecule has 0 heterocycles. The fourth-order valence-electron chi connectivity index (χ4n) is 5.80. The first kappa shape index (κ1) is 46.0. The Kier molecular flexibility index (Phi) is 33.5. The zero-order valence-corrected chi connectivity index (χ0v) is 32.2. The van der Waals surface area contributed by atoms with Gasteiger partial charge in [-0.2, -0.15) is 0 Å². The van der Waals surface area contributed by atoms with E-state index in [0.717, 1.165) is 51.4 Å². The van der Waals surface area contributed by atoms with Crippen molar-refractivity contribution in [3.05, 3.63) is 24.3 Å². The molecule has 0 unspecified atom stereocenters. The first-order valence-corrected chi connectivity index (χ1v) is 20.3. The highest BCUT2D eigenvalue weighted by Gasteiger charge is 2.23. The lowest BCUT2D eigenvalue weighted by Crippen LogP contribution is -2.47. The third-order valence-corrected chi connectivity index (χ3v) is 9.03. The van der Waals surface area contributed by atoms with E-state index >= 15 is 0 Å². The van der Waals surface area contributed by atoms with Crippen molar-refractivity contribution in [3.8, 4) is 0 Å². The first-order valence-electron chi connectivity index (χ1n) is 20.3. The number of esters is 3. The van der Waals surface area contributed by atoms with Crippen LogP contribution in [-0.4, -0.2) is 56.2 Å². The number of likely N-dealkylation sites (N-methyl/N-ethyl adjacent to an activating group) is 1. The maximum Gasteiger partial charge on any atom is 0.369 e. The van der Waals surface area contributed by atoms with E-state index in [1.54, 1.807) is 0 Å². The standard InChI is InChI=1S/C42H78NO5/c1-5-7-9-11-13-15-17-19-21-23-25-27-29-31-33-35-40(44)47-38-37-43(3,4)39-42(46)48-41(45)36-34-32-30-28-26-24-22-20-18-16-14-12-10-8-6-2/h19-22H,5-18,23-39H2,1-4H3/q+1. The lowest BCUT2D eigenvalue weighted by atomic mass is 10.1. The van der Waals surface area contributed by atoms with E-state index in [2.05, 4.69) is 38.2 Å². The molecule has 0 aliphatic heterocycles. The molecule has 0 aromatic rings. The Morgan fingerprint density at radius 1 is 0.458 bits per heavy atom. The predicted molar refractivity (Wildman–Crippen MR) is 203 cm³/mol. The van der Waals surface area contributed by atoms with Crippen LogP contribution in [0.5, 0.6) is 0 Å². The third-order valence-electron chi connectivity index (χ3n) is 9.03. The summed E-state index contributed by atoms with van der Waals surface area (Å²) in [6.45, 7) is 5.34. The lowest BCUT2D eigenvalue weighted by Gasteiger charge is -2.27. The number of quaternary nitrogens is 1. The van der Waals surface area contributed by atoms with E-state index in [1.165, 1.54) is 116 Å². The van der Waals surface area contributed by atoms with Crippen LogP contribution in [0.4, 0.5) is 0 Å². The number of carbonyl (C=O) groups excluding carboxylic acids is 3. The average Bonchev–Trinajstić information content (AvgIpc) is 3.04. The van der Waals surface area contributed by atoms with Gasteiger partial charge < -0.3 is 14.0 Å². The van der Waals surface area contributed by atoms with Gasteiger partial charge in [-0.05, 0) is 64.2 Å². The van der Waals surface area contributed by atoms with Crippen LogP contribution in [0, 0.1) is 0 Å². The van der Waals surface area contributed by atoms with Gasteiger partial charge in [0.15, 0.2) is 6.54 Å². The molecule has 0 rings (SSSR count). The molecule has 0 bridgehead atoms. The number of nitrogens with zero attached hydrogens (tertiary/aromatic N) is 1. The zero-order chi connectivity index (χ0) is 35.4. The summed E-state index contributed by atoms with van der Waals surface area (Å²) in [6, 6.07) is 0. The van der Waals surface area contributed by atoms with E-state index in [1.807, 2.05) is 14.1 Å². The summed E-state index contributed by atoms with van der Waals surface area (Å²) in [5, 5.41) is 0. The fourth-order valence-corrected chi connectivity index (χ4v) is 5.80. The van der Waals surface area contributed by atoms with Gasteiger partial charge in [-0.1, -0.05) is 141 Å². The van der Waals surface area contributed by atoms with Gasteiger partial charge in [0, 0.05) is 12.8 Å². The minimum Gasteiger partial charge on any atom is -0.460 e. The highest BCUT2D eigenvalue weighted by Crippen LogP contribution is 2.12. The number of rotatable bonds is 35. The van der Waals surface area contributed by atoms with Gasteiger partial charge in [-0.25, -0.2) is 4.79 Å². The van der Waals surface area contributed by atoms with Crippen molar-refractivity contribution in [3.63, 3.8) is 0 Å². The Morgan fingerprint density at radius 3 is 1.23 bits per heavy atom. The predicted octanol–water partition coefficient (Wildman–Crippen LogP) is 11.8. The second kappa shape index (κ2) is 34.9. The molecule has 0 fully saturated rings. The van der Waals surface area contributed by atoms with Gasteiger partial charge in [0.2, 0.25) is 0 Å². The molecular formula is C42H78NO5+. The summed E-state index contributed by atoms with van der Waals surface area (Å²) in [4.78, 5) is 36.6. The molecule has 0 saturated heterocycles. The van der Waals surface area contributed by atoms with Crippen molar-refractivity contribution in [1.82, 2.24) is 0 Å². The van der Waals surface area contributed by atoms with Crippen LogP contribution in [0.2, 0.25) is 0 Å². The number of ether oxygens (including phenoxy) is 2. The Hall–Kier alpha value is -1.95. The van der Waals surface area contributed by atoms with Crippen LogP contribution < -0.4 is 0 Å². The van der Waals surface area contributed by atoms with Crippen molar-refractivity contribution in [1.29, 1.82) is 0 Å². The van der Waals surface area contributed by atoms with E-state index in [0.29, 0.717) is 17.4 Å². The normalized spacial score (nSPS) is 11.9.